The Morgan fingerprint density at radius 3 is 2.22 bits per heavy atom. The Labute approximate surface area is 224 Å². The normalized spacial score (nSPS) is 15.8. The molecule has 1 saturated carbocycles. The molecule has 0 aliphatic heterocycles. The topological polar surface area (TPSA) is 77.6 Å². The zero-order chi connectivity index (χ0) is 27.4. The van der Waals surface area contributed by atoms with Crippen molar-refractivity contribution in [2.75, 3.05) is 32.6 Å². The number of carbonyl (C=O) groups excluding carboxylic acids is 2. The number of carbonyl (C=O) groups is 2. The fourth-order valence-electron chi connectivity index (χ4n) is 4.55. The largest absolute Gasteiger partial charge is 0.351 e. The van der Waals surface area contributed by atoms with Gasteiger partial charge in [0.2, 0.25) is 12.3 Å². The summed E-state index contributed by atoms with van der Waals surface area (Å²) >= 11 is 0. The van der Waals surface area contributed by atoms with Crippen molar-refractivity contribution in [3.05, 3.63) is 59.9 Å². The molecule has 1 aliphatic carbocycles. The second kappa shape index (κ2) is 14.8. The van der Waals surface area contributed by atoms with Gasteiger partial charge in [-0.25, -0.2) is 0 Å². The Hall–Kier alpha value is -2.77. The van der Waals surface area contributed by atoms with Gasteiger partial charge in [0.15, 0.2) is 0 Å². The van der Waals surface area contributed by atoms with Crippen LogP contribution in [0.3, 0.4) is 0 Å². The highest BCUT2D eigenvalue weighted by molar-refractivity contribution is 5.93. The van der Waals surface area contributed by atoms with Gasteiger partial charge in [-0.2, -0.15) is 0 Å². The second-order valence-corrected chi connectivity index (χ2v) is 11.3. The van der Waals surface area contributed by atoms with Crippen LogP contribution in [-0.4, -0.2) is 62.0 Å². The molecule has 2 aromatic rings. The molecule has 7 nitrogen and oxygen atoms in total. The van der Waals surface area contributed by atoms with Gasteiger partial charge in [-0.1, -0.05) is 58.2 Å². The molecule has 2 amide bonds. The number of hydrogen-bond acceptors (Lipinski definition) is 5. The number of nitrogens with zero attached hydrogens (tertiary/aromatic N) is 3. The predicted octanol–water partition coefficient (Wildman–Crippen LogP) is 4.69. The van der Waals surface area contributed by atoms with Gasteiger partial charge in [0, 0.05) is 42.3 Å². The molecular weight excluding hydrogens is 462 g/mol. The molecule has 7 heteroatoms. The summed E-state index contributed by atoms with van der Waals surface area (Å²) in [4.78, 5) is 33.2. The lowest BCUT2D eigenvalue weighted by atomic mass is 9.87. The molecule has 2 atom stereocenters. The smallest absolute Gasteiger partial charge is 0.248 e. The SMILES string of the molecule is CC(C)(C)c1ccc(N(C=O)C(C(=O)NC2CCCCC2)c2cccnc2)cc1.CNC(C)CN(C)C. The lowest BCUT2D eigenvalue weighted by Crippen LogP contribution is -2.45. The first-order valence-electron chi connectivity index (χ1n) is 13.4. The van der Waals surface area contributed by atoms with Gasteiger partial charge in [0.05, 0.1) is 0 Å². The third-order valence-corrected chi connectivity index (χ3v) is 6.76. The minimum atomic E-state index is -0.747. The van der Waals surface area contributed by atoms with E-state index in [9.17, 15) is 9.59 Å². The summed E-state index contributed by atoms with van der Waals surface area (Å²) in [5.74, 6) is -0.156. The maximum Gasteiger partial charge on any atom is 0.248 e. The van der Waals surface area contributed by atoms with Crippen LogP contribution in [0.1, 0.15) is 77.0 Å². The molecule has 2 N–H and O–H groups in total. The van der Waals surface area contributed by atoms with E-state index in [2.05, 4.69) is 62.3 Å². The van der Waals surface area contributed by atoms with Crippen molar-refractivity contribution in [3.63, 3.8) is 0 Å². The van der Waals surface area contributed by atoms with Crippen molar-refractivity contribution in [2.24, 2.45) is 0 Å². The highest BCUT2D eigenvalue weighted by Gasteiger charge is 2.30. The summed E-state index contributed by atoms with van der Waals surface area (Å²) in [5.41, 5.74) is 2.59. The second-order valence-electron chi connectivity index (χ2n) is 11.3. The summed E-state index contributed by atoms with van der Waals surface area (Å²) in [6, 6.07) is 11.5. The maximum atomic E-state index is 13.3. The lowest BCUT2D eigenvalue weighted by molar-refractivity contribution is -0.125. The number of amides is 2. The van der Waals surface area contributed by atoms with Crippen LogP contribution in [0.2, 0.25) is 0 Å². The molecule has 0 spiro atoms. The molecule has 2 unspecified atom stereocenters. The van der Waals surface area contributed by atoms with Crippen molar-refractivity contribution >= 4 is 18.0 Å². The maximum absolute atomic E-state index is 13.3. The number of rotatable bonds is 9. The first-order chi connectivity index (χ1) is 17.6. The van der Waals surface area contributed by atoms with E-state index >= 15 is 0 Å². The molecule has 1 fully saturated rings. The summed E-state index contributed by atoms with van der Waals surface area (Å²) in [6.07, 6.45) is 9.54. The van der Waals surface area contributed by atoms with Gasteiger partial charge >= 0.3 is 0 Å². The number of likely N-dealkylation sites (N-methyl/N-ethyl adjacent to an activating group) is 2. The predicted molar refractivity (Wildman–Crippen MR) is 153 cm³/mol. The molecule has 0 bridgehead atoms. The van der Waals surface area contributed by atoms with E-state index in [0.717, 1.165) is 38.6 Å². The van der Waals surface area contributed by atoms with E-state index in [1.807, 2.05) is 37.4 Å². The minimum absolute atomic E-state index is 0.0195. The third-order valence-electron chi connectivity index (χ3n) is 6.76. The van der Waals surface area contributed by atoms with Gasteiger partial charge in [-0.15, -0.1) is 0 Å². The van der Waals surface area contributed by atoms with E-state index in [4.69, 9.17) is 0 Å². The van der Waals surface area contributed by atoms with Crippen LogP contribution in [0.25, 0.3) is 0 Å². The van der Waals surface area contributed by atoms with Gasteiger partial charge in [0.1, 0.15) is 6.04 Å². The van der Waals surface area contributed by atoms with E-state index < -0.39 is 6.04 Å². The number of anilines is 1. The van der Waals surface area contributed by atoms with Crippen LogP contribution < -0.4 is 15.5 Å². The van der Waals surface area contributed by atoms with Crippen molar-refractivity contribution in [1.82, 2.24) is 20.5 Å². The van der Waals surface area contributed by atoms with Crippen molar-refractivity contribution in [3.8, 4) is 0 Å². The number of nitrogens with one attached hydrogen (secondary N) is 2. The highest BCUT2D eigenvalue weighted by atomic mass is 16.2. The molecule has 3 rings (SSSR count). The Morgan fingerprint density at radius 1 is 1.11 bits per heavy atom. The van der Waals surface area contributed by atoms with E-state index in [1.54, 1.807) is 18.5 Å². The molecule has 1 aromatic heterocycles. The lowest BCUT2D eigenvalue weighted by Gasteiger charge is -2.31. The van der Waals surface area contributed by atoms with E-state index in [1.165, 1.54) is 16.9 Å². The molecule has 1 heterocycles. The molecule has 204 valence electrons. The summed E-state index contributed by atoms with van der Waals surface area (Å²) < 4.78 is 0. The Morgan fingerprint density at radius 2 is 1.76 bits per heavy atom. The van der Waals surface area contributed by atoms with Crippen molar-refractivity contribution < 1.29 is 9.59 Å². The summed E-state index contributed by atoms with van der Waals surface area (Å²) in [5, 5.41) is 6.32. The highest BCUT2D eigenvalue weighted by Crippen LogP contribution is 2.30. The van der Waals surface area contributed by atoms with Crippen LogP contribution in [0.5, 0.6) is 0 Å². The van der Waals surface area contributed by atoms with E-state index in [-0.39, 0.29) is 17.4 Å². The van der Waals surface area contributed by atoms with E-state index in [0.29, 0.717) is 17.3 Å². The van der Waals surface area contributed by atoms with Crippen molar-refractivity contribution in [1.29, 1.82) is 0 Å². The summed E-state index contributed by atoms with van der Waals surface area (Å²) in [6.45, 7) is 9.72. The number of hydrogen-bond donors (Lipinski definition) is 2. The molecule has 1 aromatic carbocycles. The molecular formula is C30H47N5O2. The fraction of sp³-hybridized carbons (Fsp3) is 0.567. The first-order valence-corrected chi connectivity index (χ1v) is 13.4. The standard InChI is InChI=1S/C24H31N3O2.C6H16N2/c1-24(2,3)19-11-13-21(14-12-19)27(17-28)22(18-8-7-15-25-16-18)23(29)26-20-9-5-4-6-10-20;1-6(7-2)5-8(3)4/h7-8,11-17,20,22H,4-6,9-10H2,1-3H3,(H,26,29);6-7H,5H2,1-4H3. The minimum Gasteiger partial charge on any atom is -0.351 e. The number of aromatic nitrogens is 1. The Balaban J connectivity index is 0.000000521. The van der Waals surface area contributed by atoms with Crippen LogP contribution in [-0.2, 0) is 15.0 Å². The average Bonchev–Trinajstić information content (AvgIpc) is 2.87. The summed E-state index contributed by atoms with van der Waals surface area (Å²) in [7, 11) is 6.13. The van der Waals surface area contributed by atoms with Crippen molar-refractivity contribution in [2.45, 2.75) is 83.3 Å². The Bertz CT molecular complexity index is 935. The van der Waals surface area contributed by atoms with Crippen LogP contribution in [0, 0.1) is 0 Å². The molecule has 0 radical (unpaired) electrons. The van der Waals surface area contributed by atoms with Crippen LogP contribution >= 0.6 is 0 Å². The molecule has 1 aliphatic rings. The van der Waals surface area contributed by atoms with Crippen LogP contribution in [0.4, 0.5) is 5.69 Å². The van der Waals surface area contributed by atoms with Crippen LogP contribution in [0.15, 0.2) is 48.8 Å². The third kappa shape index (κ3) is 9.90. The zero-order valence-corrected chi connectivity index (χ0v) is 23.8. The quantitative estimate of drug-likeness (QED) is 0.480. The average molecular weight is 510 g/mol. The van der Waals surface area contributed by atoms with Gasteiger partial charge < -0.3 is 15.5 Å². The zero-order valence-electron chi connectivity index (χ0n) is 23.8. The number of pyridine rings is 1. The number of benzene rings is 1. The first kappa shape index (κ1) is 30.5. The van der Waals surface area contributed by atoms with Gasteiger partial charge in [-0.05, 0) is 70.1 Å². The fourth-order valence-corrected chi connectivity index (χ4v) is 4.55. The monoisotopic (exact) mass is 509 g/mol. The molecule has 37 heavy (non-hydrogen) atoms. The Kier molecular flexibility index (Phi) is 12.2. The molecule has 0 saturated heterocycles. The van der Waals surface area contributed by atoms with Gasteiger partial charge in [0.25, 0.3) is 0 Å². The van der Waals surface area contributed by atoms with Gasteiger partial charge in [-0.3, -0.25) is 19.5 Å².